The van der Waals surface area contributed by atoms with E-state index >= 15 is 0 Å². The molecular formula is C19H11F2N3OS. The van der Waals surface area contributed by atoms with E-state index in [-0.39, 0.29) is 11.1 Å². The van der Waals surface area contributed by atoms with Crippen LogP contribution < -0.4 is 5.32 Å². The number of fused-ring (bicyclic) bond motifs is 1. The highest BCUT2D eigenvalue weighted by Gasteiger charge is 2.24. The largest absolute Gasteiger partial charge is 0.300 e. The highest BCUT2D eigenvalue weighted by atomic mass is 32.2. The number of pyridine rings is 1. The van der Waals surface area contributed by atoms with Crippen molar-refractivity contribution in [1.29, 1.82) is 0 Å². The molecule has 7 heteroatoms. The number of carbonyl (C=O) groups is 1. The summed E-state index contributed by atoms with van der Waals surface area (Å²) in [5, 5.41) is 3.61. The third kappa shape index (κ3) is 3.21. The number of aromatic nitrogens is 1. The van der Waals surface area contributed by atoms with Gasteiger partial charge in [-0.1, -0.05) is 18.2 Å². The average Bonchev–Trinajstić information content (AvgIpc) is 2.97. The first-order chi connectivity index (χ1) is 12.6. The van der Waals surface area contributed by atoms with Crippen molar-refractivity contribution in [3.63, 3.8) is 0 Å². The molecule has 2 heterocycles. The van der Waals surface area contributed by atoms with E-state index in [0.29, 0.717) is 4.91 Å². The van der Waals surface area contributed by atoms with Crippen molar-refractivity contribution < 1.29 is 13.6 Å². The summed E-state index contributed by atoms with van der Waals surface area (Å²) < 4.78 is 27.4. The number of nitrogens with one attached hydrogen (secondary N) is 1. The maximum Gasteiger partial charge on any atom is 0.264 e. The molecular weight excluding hydrogens is 356 g/mol. The van der Waals surface area contributed by atoms with Crippen LogP contribution in [0.2, 0.25) is 0 Å². The van der Waals surface area contributed by atoms with E-state index in [1.165, 1.54) is 6.07 Å². The van der Waals surface area contributed by atoms with Crippen molar-refractivity contribution in [2.75, 3.05) is 0 Å². The Morgan fingerprint density at radius 3 is 2.69 bits per heavy atom. The van der Waals surface area contributed by atoms with Gasteiger partial charge in [-0.25, -0.2) is 13.8 Å². The van der Waals surface area contributed by atoms with E-state index in [2.05, 4.69) is 15.3 Å². The second kappa shape index (κ2) is 6.68. The Bertz CT molecular complexity index is 1070. The van der Waals surface area contributed by atoms with E-state index in [1.807, 2.05) is 30.3 Å². The summed E-state index contributed by atoms with van der Waals surface area (Å²) in [6, 6.07) is 12.9. The summed E-state index contributed by atoms with van der Waals surface area (Å²) >= 11 is 1.03. The summed E-state index contributed by atoms with van der Waals surface area (Å²) in [5.41, 5.74) is 1.25. The molecule has 4 rings (SSSR count). The first kappa shape index (κ1) is 16.4. The number of amidine groups is 1. The van der Waals surface area contributed by atoms with Gasteiger partial charge in [0.15, 0.2) is 16.8 Å². The number of nitrogens with zero attached hydrogens (tertiary/aromatic N) is 2. The molecule has 1 aliphatic heterocycles. The number of halogens is 2. The van der Waals surface area contributed by atoms with Crippen molar-refractivity contribution >= 4 is 45.5 Å². The Hall–Kier alpha value is -3.06. The van der Waals surface area contributed by atoms with Gasteiger partial charge in [-0.05, 0) is 53.7 Å². The molecule has 1 aliphatic rings. The van der Waals surface area contributed by atoms with Crippen LogP contribution in [-0.2, 0) is 4.79 Å². The summed E-state index contributed by atoms with van der Waals surface area (Å²) in [4.78, 5) is 20.7. The Labute approximate surface area is 151 Å². The molecule has 0 radical (unpaired) electrons. The summed E-state index contributed by atoms with van der Waals surface area (Å²) in [7, 11) is 0. The maximum atomic E-state index is 13.7. The molecule has 26 heavy (non-hydrogen) atoms. The fraction of sp³-hybridized carbons (Fsp3) is 0. The normalized spacial score (nSPS) is 17.2. The van der Waals surface area contributed by atoms with Gasteiger partial charge in [0.1, 0.15) is 5.69 Å². The van der Waals surface area contributed by atoms with Gasteiger partial charge in [-0.3, -0.25) is 9.78 Å². The minimum Gasteiger partial charge on any atom is -0.300 e. The third-order valence-corrected chi connectivity index (χ3v) is 4.64. The quantitative estimate of drug-likeness (QED) is 0.683. The Kier molecular flexibility index (Phi) is 4.22. The van der Waals surface area contributed by atoms with Crippen LogP contribution in [0.1, 0.15) is 5.56 Å². The predicted octanol–water partition coefficient (Wildman–Crippen LogP) is 4.40. The number of thioether (sulfide) groups is 1. The number of aliphatic imine (C=N–C) groups is 1. The van der Waals surface area contributed by atoms with Gasteiger partial charge in [-0.2, -0.15) is 0 Å². The second-order valence-electron chi connectivity index (χ2n) is 5.51. The molecule has 3 aromatic rings. The van der Waals surface area contributed by atoms with Gasteiger partial charge < -0.3 is 5.32 Å². The molecule has 1 fully saturated rings. The summed E-state index contributed by atoms with van der Waals surface area (Å²) in [5.74, 6) is -1.93. The zero-order valence-electron chi connectivity index (χ0n) is 13.2. The number of rotatable bonds is 2. The van der Waals surface area contributed by atoms with Crippen LogP contribution in [0.5, 0.6) is 0 Å². The molecule has 0 aliphatic carbocycles. The molecule has 128 valence electrons. The smallest absolute Gasteiger partial charge is 0.264 e. The lowest BCUT2D eigenvalue weighted by Crippen LogP contribution is -2.19. The first-order valence-electron chi connectivity index (χ1n) is 7.68. The topological polar surface area (TPSA) is 54.4 Å². The highest BCUT2D eigenvalue weighted by molar-refractivity contribution is 8.18. The van der Waals surface area contributed by atoms with Gasteiger partial charge in [0, 0.05) is 11.6 Å². The molecule has 1 amide bonds. The Balaban J connectivity index is 1.65. The SMILES string of the molecule is O=C1NC(=Nc2c(F)cccc2F)S/C1=C/c1ccc2ncccc2c1. The monoisotopic (exact) mass is 367 g/mol. The van der Waals surface area contributed by atoms with Gasteiger partial charge >= 0.3 is 0 Å². The molecule has 0 bridgehead atoms. The number of carbonyl (C=O) groups excluding carboxylic acids is 1. The lowest BCUT2D eigenvalue weighted by atomic mass is 10.1. The van der Waals surface area contributed by atoms with Crippen LogP contribution in [0.15, 0.2) is 64.6 Å². The van der Waals surface area contributed by atoms with Crippen molar-refractivity contribution in [2.24, 2.45) is 4.99 Å². The number of para-hydroxylation sites is 1. The fourth-order valence-corrected chi connectivity index (χ4v) is 3.34. The average molecular weight is 367 g/mol. The number of benzene rings is 2. The van der Waals surface area contributed by atoms with Crippen LogP contribution >= 0.6 is 11.8 Å². The highest BCUT2D eigenvalue weighted by Crippen LogP contribution is 2.30. The van der Waals surface area contributed by atoms with Crippen LogP contribution in [0.25, 0.3) is 17.0 Å². The Morgan fingerprint density at radius 2 is 1.88 bits per heavy atom. The fourth-order valence-electron chi connectivity index (χ4n) is 2.51. The van der Waals surface area contributed by atoms with Gasteiger partial charge in [-0.15, -0.1) is 0 Å². The molecule has 0 unspecified atom stereocenters. The van der Waals surface area contributed by atoms with E-state index < -0.39 is 17.3 Å². The molecule has 0 atom stereocenters. The zero-order chi connectivity index (χ0) is 18.1. The van der Waals surface area contributed by atoms with Gasteiger partial charge in [0.2, 0.25) is 0 Å². The Morgan fingerprint density at radius 1 is 1.08 bits per heavy atom. The molecule has 1 N–H and O–H groups in total. The van der Waals surface area contributed by atoms with E-state index in [4.69, 9.17) is 0 Å². The van der Waals surface area contributed by atoms with Crippen molar-refractivity contribution in [1.82, 2.24) is 10.3 Å². The lowest BCUT2D eigenvalue weighted by Gasteiger charge is -2.00. The molecule has 0 spiro atoms. The van der Waals surface area contributed by atoms with E-state index in [9.17, 15) is 13.6 Å². The molecule has 4 nitrogen and oxygen atoms in total. The second-order valence-corrected chi connectivity index (χ2v) is 6.54. The molecule has 2 aromatic carbocycles. The van der Waals surface area contributed by atoms with Gasteiger partial charge in [0.25, 0.3) is 5.91 Å². The third-order valence-electron chi connectivity index (χ3n) is 3.73. The minimum absolute atomic E-state index is 0.132. The van der Waals surface area contributed by atoms with E-state index in [0.717, 1.165) is 40.4 Å². The lowest BCUT2D eigenvalue weighted by molar-refractivity contribution is -0.115. The summed E-state index contributed by atoms with van der Waals surface area (Å²) in [6.07, 6.45) is 3.41. The zero-order valence-corrected chi connectivity index (χ0v) is 14.1. The predicted molar refractivity (Wildman–Crippen MR) is 98.9 cm³/mol. The van der Waals surface area contributed by atoms with Crippen LogP contribution in [0.4, 0.5) is 14.5 Å². The number of hydrogen-bond acceptors (Lipinski definition) is 4. The number of amides is 1. The van der Waals surface area contributed by atoms with E-state index in [1.54, 1.807) is 12.3 Å². The first-order valence-corrected chi connectivity index (χ1v) is 8.50. The molecule has 1 aromatic heterocycles. The molecule has 0 saturated carbocycles. The summed E-state index contributed by atoms with van der Waals surface area (Å²) in [6.45, 7) is 0. The van der Waals surface area contributed by atoms with Crippen LogP contribution in [0, 0.1) is 11.6 Å². The van der Waals surface area contributed by atoms with Crippen LogP contribution in [0.3, 0.4) is 0 Å². The molecule has 1 saturated heterocycles. The van der Waals surface area contributed by atoms with Gasteiger partial charge in [0.05, 0.1) is 10.4 Å². The standard InChI is InChI=1S/C19H11F2N3OS/c20-13-4-1-5-14(21)17(13)23-19-24-18(25)16(26-19)10-11-6-7-15-12(9-11)3-2-8-22-15/h1-10H,(H,23,24,25)/b16-10+. The van der Waals surface area contributed by atoms with Crippen molar-refractivity contribution in [3.8, 4) is 0 Å². The minimum atomic E-state index is -0.785. The number of hydrogen-bond donors (Lipinski definition) is 1. The van der Waals surface area contributed by atoms with Crippen LogP contribution in [-0.4, -0.2) is 16.1 Å². The maximum absolute atomic E-state index is 13.7. The van der Waals surface area contributed by atoms with Crippen molar-refractivity contribution in [2.45, 2.75) is 0 Å². The van der Waals surface area contributed by atoms with Crippen molar-refractivity contribution in [3.05, 3.63) is 76.8 Å².